The number of hydrogen-bond donors (Lipinski definition) is 0. The van der Waals surface area contributed by atoms with Gasteiger partial charge in [-0.2, -0.15) is 5.26 Å². The summed E-state index contributed by atoms with van der Waals surface area (Å²) in [5.74, 6) is 0. The summed E-state index contributed by atoms with van der Waals surface area (Å²) in [5.41, 5.74) is 2.19. The quantitative estimate of drug-likeness (QED) is 0.775. The van der Waals surface area contributed by atoms with Crippen LogP contribution in [0.2, 0.25) is 0 Å². The lowest BCUT2D eigenvalue weighted by molar-refractivity contribution is 1.23. The van der Waals surface area contributed by atoms with Crippen molar-refractivity contribution in [3.8, 4) is 6.07 Å². The zero-order valence-corrected chi connectivity index (χ0v) is 9.74. The van der Waals surface area contributed by atoms with Gasteiger partial charge in [-0.25, -0.2) is 0 Å². The summed E-state index contributed by atoms with van der Waals surface area (Å²) in [6, 6.07) is 6.09. The van der Waals surface area contributed by atoms with Crippen LogP contribution in [0.5, 0.6) is 0 Å². The second-order valence-electron chi connectivity index (χ2n) is 2.54. The van der Waals surface area contributed by atoms with E-state index >= 15 is 0 Å². The van der Waals surface area contributed by atoms with Crippen molar-refractivity contribution in [1.82, 2.24) is 0 Å². The van der Waals surface area contributed by atoms with Gasteiger partial charge in [-0.05, 0) is 56.0 Å². The molecule has 0 saturated carbocycles. The zero-order chi connectivity index (χ0) is 9.14. The number of halogens is 2. The molecule has 0 amide bonds. The molecular formula is C9H7Br2N. The van der Waals surface area contributed by atoms with Crippen LogP contribution in [0.1, 0.15) is 11.1 Å². The maximum Gasteiger partial charge on any atom is 0.0669 e. The van der Waals surface area contributed by atoms with Crippen LogP contribution in [-0.4, -0.2) is 0 Å². The lowest BCUT2D eigenvalue weighted by Crippen LogP contribution is -1.85. The van der Waals surface area contributed by atoms with Gasteiger partial charge < -0.3 is 0 Å². The van der Waals surface area contributed by atoms with E-state index in [0.29, 0.717) is 6.42 Å². The van der Waals surface area contributed by atoms with Crippen LogP contribution in [0.15, 0.2) is 21.1 Å². The van der Waals surface area contributed by atoms with Crippen LogP contribution < -0.4 is 0 Å². The van der Waals surface area contributed by atoms with E-state index in [1.165, 1.54) is 0 Å². The first-order valence-corrected chi connectivity index (χ1v) is 5.05. The molecule has 0 spiro atoms. The summed E-state index contributed by atoms with van der Waals surface area (Å²) in [7, 11) is 0. The predicted octanol–water partition coefficient (Wildman–Crippen LogP) is 3.59. The van der Waals surface area contributed by atoms with E-state index < -0.39 is 0 Å². The third-order valence-electron chi connectivity index (χ3n) is 1.55. The largest absolute Gasteiger partial charge is 0.198 e. The highest BCUT2D eigenvalue weighted by molar-refractivity contribution is 9.13. The van der Waals surface area contributed by atoms with Gasteiger partial charge in [0.25, 0.3) is 0 Å². The van der Waals surface area contributed by atoms with Crippen LogP contribution in [0.25, 0.3) is 0 Å². The summed E-state index contributed by atoms with van der Waals surface area (Å²) in [5, 5.41) is 8.49. The molecule has 1 aromatic carbocycles. The second kappa shape index (κ2) is 4.06. The van der Waals surface area contributed by atoms with Crippen LogP contribution in [0.3, 0.4) is 0 Å². The van der Waals surface area contributed by atoms with Crippen LogP contribution >= 0.6 is 31.9 Å². The van der Waals surface area contributed by atoms with Crippen LogP contribution in [0, 0.1) is 18.3 Å². The van der Waals surface area contributed by atoms with E-state index in [1.807, 2.05) is 19.1 Å². The van der Waals surface area contributed by atoms with E-state index in [9.17, 15) is 0 Å². The molecule has 0 radical (unpaired) electrons. The van der Waals surface area contributed by atoms with E-state index in [2.05, 4.69) is 37.9 Å². The van der Waals surface area contributed by atoms with Crippen LogP contribution in [-0.2, 0) is 6.42 Å². The molecule has 0 saturated heterocycles. The molecule has 0 aromatic heterocycles. The van der Waals surface area contributed by atoms with Gasteiger partial charge in [0.1, 0.15) is 0 Å². The summed E-state index contributed by atoms with van der Waals surface area (Å²) in [6.07, 6.45) is 0.465. The SMILES string of the molecule is Cc1cc(CC#N)cc(Br)c1Br. The Balaban J connectivity index is 3.14. The number of rotatable bonds is 1. The van der Waals surface area contributed by atoms with Gasteiger partial charge in [-0.1, -0.05) is 6.07 Å². The van der Waals surface area contributed by atoms with Gasteiger partial charge in [0, 0.05) is 8.95 Å². The first-order chi connectivity index (χ1) is 5.65. The number of benzene rings is 1. The van der Waals surface area contributed by atoms with Gasteiger partial charge in [0.2, 0.25) is 0 Å². The highest BCUT2D eigenvalue weighted by Crippen LogP contribution is 2.27. The average Bonchev–Trinajstić information content (AvgIpc) is 2.01. The molecule has 0 atom stereocenters. The number of aryl methyl sites for hydroxylation is 1. The number of nitriles is 1. The normalized spacial score (nSPS) is 9.50. The molecule has 0 aliphatic rings. The topological polar surface area (TPSA) is 23.8 Å². The molecule has 0 N–H and O–H groups in total. The molecular weight excluding hydrogens is 282 g/mol. The van der Waals surface area contributed by atoms with Gasteiger partial charge >= 0.3 is 0 Å². The van der Waals surface area contributed by atoms with Crippen LogP contribution in [0.4, 0.5) is 0 Å². The minimum absolute atomic E-state index is 0.465. The molecule has 0 fully saturated rings. The Labute approximate surface area is 88.7 Å². The van der Waals surface area contributed by atoms with E-state index in [-0.39, 0.29) is 0 Å². The van der Waals surface area contributed by atoms with Crippen molar-refractivity contribution in [2.45, 2.75) is 13.3 Å². The highest BCUT2D eigenvalue weighted by Gasteiger charge is 2.02. The molecule has 0 bridgehead atoms. The lowest BCUT2D eigenvalue weighted by Gasteiger charge is -2.03. The van der Waals surface area contributed by atoms with Crippen molar-refractivity contribution in [2.75, 3.05) is 0 Å². The summed E-state index contributed by atoms with van der Waals surface area (Å²) < 4.78 is 2.07. The Morgan fingerprint density at radius 3 is 2.58 bits per heavy atom. The van der Waals surface area contributed by atoms with Crippen molar-refractivity contribution in [2.24, 2.45) is 0 Å². The summed E-state index contributed by atoms with van der Waals surface area (Å²) in [6.45, 7) is 2.01. The predicted molar refractivity (Wildman–Crippen MR) is 55.9 cm³/mol. The minimum atomic E-state index is 0.465. The molecule has 0 aliphatic heterocycles. The smallest absolute Gasteiger partial charge is 0.0669 e. The Hall–Kier alpha value is -0.330. The van der Waals surface area contributed by atoms with Gasteiger partial charge in [0.15, 0.2) is 0 Å². The molecule has 0 aliphatic carbocycles. The van der Waals surface area contributed by atoms with E-state index in [1.54, 1.807) is 0 Å². The fraction of sp³-hybridized carbons (Fsp3) is 0.222. The van der Waals surface area contributed by atoms with Crippen molar-refractivity contribution in [1.29, 1.82) is 5.26 Å². The van der Waals surface area contributed by atoms with Gasteiger partial charge in [-0.15, -0.1) is 0 Å². The second-order valence-corrected chi connectivity index (χ2v) is 4.19. The zero-order valence-electron chi connectivity index (χ0n) is 6.56. The van der Waals surface area contributed by atoms with E-state index in [0.717, 1.165) is 20.1 Å². The lowest BCUT2D eigenvalue weighted by atomic mass is 10.1. The first kappa shape index (κ1) is 9.76. The number of nitrogens with zero attached hydrogens (tertiary/aromatic N) is 1. The molecule has 0 heterocycles. The van der Waals surface area contributed by atoms with Crippen molar-refractivity contribution in [3.05, 3.63) is 32.2 Å². The minimum Gasteiger partial charge on any atom is -0.198 e. The van der Waals surface area contributed by atoms with Gasteiger partial charge in [0.05, 0.1) is 12.5 Å². The highest BCUT2D eigenvalue weighted by atomic mass is 79.9. The molecule has 62 valence electrons. The Morgan fingerprint density at radius 1 is 1.42 bits per heavy atom. The third-order valence-corrected chi connectivity index (χ3v) is 3.76. The van der Waals surface area contributed by atoms with Gasteiger partial charge in [-0.3, -0.25) is 0 Å². The maximum atomic E-state index is 8.49. The van der Waals surface area contributed by atoms with E-state index in [4.69, 9.17) is 5.26 Å². The van der Waals surface area contributed by atoms with Crippen molar-refractivity contribution < 1.29 is 0 Å². The molecule has 3 heteroatoms. The Morgan fingerprint density at radius 2 is 2.08 bits per heavy atom. The first-order valence-electron chi connectivity index (χ1n) is 3.46. The molecule has 12 heavy (non-hydrogen) atoms. The maximum absolute atomic E-state index is 8.49. The fourth-order valence-electron chi connectivity index (χ4n) is 0.991. The summed E-state index contributed by atoms with van der Waals surface area (Å²) in [4.78, 5) is 0. The molecule has 1 nitrogen and oxygen atoms in total. The monoisotopic (exact) mass is 287 g/mol. The Bertz CT molecular complexity index is 316. The average molecular weight is 289 g/mol. The Kier molecular flexibility index (Phi) is 3.30. The van der Waals surface area contributed by atoms with Crippen molar-refractivity contribution >= 4 is 31.9 Å². The van der Waals surface area contributed by atoms with Crippen molar-refractivity contribution in [3.63, 3.8) is 0 Å². The summed E-state index contributed by atoms with van der Waals surface area (Å²) >= 11 is 6.85. The fourth-order valence-corrected chi connectivity index (χ4v) is 1.83. The third kappa shape index (κ3) is 2.09. The molecule has 0 unspecified atom stereocenters. The molecule has 1 aromatic rings. The number of hydrogen-bond acceptors (Lipinski definition) is 1. The molecule has 1 rings (SSSR count). The standard InChI is InChI=1S/C9H7Br2N/c1-6-4-7(2-3-12)5-8(10)9(6)11/h4-5H,2H2,1H3.